The molecule has 5 saturated carbocycles. The molecule has 0 aromatic carbocycles. The lowest BCUT2D eigenvalue weighted by atomic mass is 9.41. The van der Waals surface area contributed by atoms with Crippen LogP contribution in [-0.4, -0.2) is 65.8 Å². The van der Waals surface area contributed by atoms with E-state index in [2.05, 4.69) is 48.5 Å². The smallest absolute Gasteiger partial charge is 0.410 e. The number of fused-ring (bicyclic) bond motifs is 4. The molecular weight excluding hydrogens is 544 g/mol. The first-order valence-electron chi connectivity index (χ1n) is 17.4. The quantitative estimate of drug-likeness (QED) is 0.402. The minimum atomic E-state index is -0.659. The van der Waals surface area contributed by atoms with Crippen LogP contribution in [0.15, 0.2) is 0 Å². The van der Waals surface area contributed by atoms with Gasteiger partial charge in [-0.15, -0.1) is 0 Å². The average molecular weight is 601 g/mol. The normalized spacial score (nSPS) is 51.5. The highest BCUT2D eigenvalue weighted by Gasteiger charge is 2.84. The first-order valence-corrected chi connectivity index (χ1v) is 17.4. The molecule has 43 heavy (non-hydrogen) atoms. The van der Waals surface area contributed by atoms with Gasteiger partial charge in [0.2, 0.25) is 0 Å². The van der Waals surface area contributed by atoms with E-state index in [4.69, 9.17) is 19.9 Å². The van der Waals surface area contributed by atoms with Gasteiger partial charge in [0.15, 0.2) is 0 Å². The van der Waals surface area contributed by atoms with Crippen LogP contribution >= 0.6 is 0 Å². The SMILES string of the molecule is CC(C)[C@@H](OC(=O)N1CCC1)[C@H]1C[C@@H](C)[C@H]2[C@H](O1)[C@H](O)[C@@]1(C)[C@@H]3CC[C@H]4C(C)(C)[C@@H](OC(N)=O)CC[C@@]45C[C@@]35CC[C@]21C. The number of ether oxygens (including phenoxy) is 3. The Morgan fingerprint density at radius 3 is 2.30 bits per heavy atom. The van der Waals surface area contributed by atoms with Gasteiger partial charge in [-0.1, -0.05) is 48.5 Å². The third kappa shape index (κ3) is 3.74. The number of carbonyl (C=O) groups is 2. The van der Waals surface area contributed by atoms with Gasteiger partial charge < -0.3 is 30.0 Å². The van der Waals surface area contributed by atoms with E-state index in [0.29, 0.717) is 17.8 Å². The predicted molar refractivity (Wildman–Crippen MR) is 162 cm³/mol. The van der Waals surface area contributed by atoms with E-state index in [1.807, 2.05) is 0 Å². The molecule has 8 nitrogen and oxygen atoms in total. The molecular formula is C35H56N2O6. The molecule has 2 spiro atoms. The Morgan fingerprint density at radius 1 is 1.00 bits per heavy atom. The molecule has 3 N–H and O–H groups in total. The molecule has 242 valence electrons. The van der Waals surface area contributed by atoms with Crippen molar-refractivity contribution in [2.45, 2.75) is 137 Å². The van der Waals surface area contributed by atoms with Crippen molar-refractivity contribution in [1.82, 2.24) is 4.90 Å². The number of nitrogens with zero attached hydrogens (tertiary/aromatic N) is 1. The molecule has 5 aliphatic carbocycles. The van der Waals surface area contributed by atoms with Crippen LogP contribution in [0.4, 0.5) is 9.59 Å². The number of carbonyl (C=O) groups excluding carboxylic acids is 2. The summed E-state index contributed by atoms with van der Waals surface area (Å²) in [6.07, 6.45) is 7.28. The first kappa shape index (κ1) is 30.1. The number of primary amides is 1. The van der Waals surface area contributed by atoms with Crippen LogP contribution in [0.1, 0.15) is 106 Å². The van der Waals surface area contributed by atoms with E-state index in [-0.39, 0.29) is 69.4 Å². The Hall–Kier alpha value is -1.54. The molecule has 2 aliphatic heterocycles. The summed E-state index contributed by atoms with van der Waals surface area (Å²) >= 11 is 0. The lowest BCUT2D eigenvalue weighted by molar-refractivity contribution is -0.185. The number of rotatable bonds is 4. The van der Waals surface area contributed by atoms with Crippen LogP contribution in [0, 0.1) is 56.7 Å². The van der Waals surface area contributed by atoms with Crippen LogP contribution in [0.5, 0.6) is 0 Å². The summed E-state index contributed by atoms with van der Waals surface area (Å²) in [5, 5.41) is 12.5. The summed E-state index contributed by atoms with van der Waals surface area (Å²) in [5.74, 6) is 1.72. The lowest BCUT2D eigenvalue weighted by Gasteiger charge is -2.63. The molecule has 8 heteroatoms. The number of aliphatic hydroxyl groups is 1. The third-order valence-electron chi connectivity index (χ3n) is 15.4. The van der Waals surface area contributed by atoms with Gasteiger partial charge >= 0.3 is 12.2 Å². The second kappa shape index (κ2) is 9.49. The highest BCUT2D eigenvalue weighted by molar-refractivity contribution is 5.68. The fraction of sp³-hybridized carbons (Fsp3) is 0.943. The average Bonchev–Trinajstić information content (AvgIpc) is 3.52. The van der Waals surface area contributed by atoms with Crippen molar-refractivity contribution < 1.29 is 28.9 Å². The van der Waals surface area contributed by atoms with Crippen LogP contribution in [0.2, 0.25) is 0 Å². The number of hydrogen-bond acceptors (Lipinski definition) is 6. The maximum atomic E-state index is 12.9. The number of amides is 2. The van der Waals surface area contributed by atoms with Gasteiger partial charge in [-0.2, -0.15) is 0 Å². The molecule has 2 saturated heterocycles. The number of likely N-dealkylation sites (tertiary alicyclic amines) is 1. The molecule has 2 amide bonds. The Balaban J connectivity index is 1.16. The Morgan fingerprint density at radius 2 is 1.67 bits per heavy atom. The van der Waals surface area contributed by atoms with Crippen molar-refractivity contribution >= 4 is 12.2 Å². The summed E-state index contributed by atoms with van der Waals surface area (Å²) in [4.78, 5) is 26.4. The molecule has 7 rings (SSSR count). The zero-order valence-corrected chi connectivity index (χ0v) is 27.6. The predicted octanol–water partition coefficient (Wildman–Crippen LogP) is 6.13. The summed E-state index contributed by atoms with van der Waals surface area (Å²) < 4.78 is 18.8. The second-order valence-corrected chi connectivity index (χ2v) is 17.4. The van der Waals surface area contributed by atoms with Crippen LogP contribution in [-0.2, 0) is 14.2 Å². The van der Waals surface area contributed by atoms with E-state index in [0.717, 1.165) is 58.0 Å². The van der Waals surface area contributed by atoms with E-state index in [1.54, 1.807) is 4.90 Å². The molecule has 0 unspecified atom stereocenters. The monoisotopic (exact) mass is 600 g/mol. The Kier molecular flexibility index (Phi) is 6.65. The highest BCUT2D eigenvalue weighted by Crippen LogP contribution is 2.89. The third-order valence-corrected chi connectivity index (χ3v) is 15.4. The first-order chi connectivity index (χ1) is 20.1. The Bertz CT molecular complexity index is 1170. The summed E-state index contributed by atoms with van der Waals surface area (Å²) in [6.45, 7) is 17.6. The fourth-order valence-corrected chi connectivity index (χ4v) is 13.2. The molecule has 2 heterocycles. The van der Waals surface area contributed by atoms with Gasteiger partial charge in [0.25, 0.3) is 0 Å². The number of aliphatic hydroxyl groups excluding tert-OH is 1. The maximum absolute atomic E-state index is 12.9. The standard InChI is InChI=1S/C35H56N2O6/c1-19(2)26(43-30(40)37-15-8-16-37)21-17-20(3)25-27(41-21)28(38)33(7)23-10-9-22-31(4,5)24(42-29(36)39)11-12-34(22)18-35(23,34)14-13-32(25,33)6/h19-28,38H,8-18H2,1-7H3,(H2,36,39)/t20-,21-,22+,23+,24+,25+,26-,27+,28+,32-,33-,34-,35+/m1/s1. The van der Waals surface area contributed by atoms with Crippen molar-refractivity contribution in [3.63, 3.8) is 0 Å². The lowest BCUT2D eigenvalue weighted by Crippen LogP contribution is -2.60. The van der Waals surface area contributed by atoms with E-state index >= 15 is 0 Å². The zero-order valence-electron chi connectivity index (χ0n) is 27.6. The second-order valence-electron chi connectivity index (χ2n) is 17.4. The van der Waals surface area contributed by atoms with Gasteiger partial charge in [0.1, 0.15) is 12.2 Å². The van der Waals surface area contributed by atoms with Gasteiger partial charge in [0, 0.05) is 23.9 Å². The van der Waals surface area contributed by atoms with Crippen molar-refractivity contribution in [3.8, 4) is 0 Å². The molecule has 0 radical (unpaired) electrons. The molecule has 0 aromatic heterocycles. The summed E-state index contributed by atoms with van der Waals surface area (Å²) in [6, 6.07) is 0. The maximum Gasteiger partial charge on any atom is 0.410 e. The number of nitrogens with two attached hydrogens (primary N) is 1. The summed E-state index contributed by atoms with van der Waals surface area (Å²) in [5.41, 5.74) is 5.62. The molecule has 0 aromatic rings. The minimum Gasteiger partial charge on any atom is -0.446 e. The van der Waals surface area contributed by atoms with Crippen molar-refractivity contribution in [2.75, 3.05) is 13.1 Å². The van der Waals surface area contributed by atoms with Gasteiger partial charge in [-0.25, -0.2) is 9.59 Å². The number of hydrogen-bond donors (Lipinski definition) is 2. The van der Waals surface area contributed by atoms with E-state index in [1.165, 1.54) is 12.8 Å². The van der Waals surface area contributed by atoms with Crippen molar-refractivity contribution in [1.29, 1.82) is 0 Å². The molecule has 13 atom stereocenters. The summed E-state index contributed by atoms with van der Waals surface area (Å²) in [7, 11) is 0. The molecule has 7 aliphatic rings. The topological polar surface area (TPSA) is 111 Å². The molecule has 0 bridgehead atoms. The van der Waals surface area contributed by atoms with Gasteiger partial charge in [0.05, 0.1) is 18.3 Å². The fourth-order valence-electron chi connectivity index (χ4n) is 13.2. The largest absolute Gasteiger partial charge is 0.446 e. The van der Waals surface area contributed by atoms with Crippen LogP contribution in [0.3, 0.4) is 0 Å². The molecule has 7 fully saturated rings. The van der Waals surface area contributed by atoms with E-state index in [9.17, 15) is 14.7 Å². The van der Waals surface area contributed by atoms with E-state index < -0.39 is 12.2 Å². The minimum absolute atomic E-state index is 0.0164. The Labute approximate surface area is 258 Å². The van der Waals surface area contributed by atoms with Crippen LogP contribution in [0.25, 0.3) is 0 Å². The van der Waals surface area contributed by atoms with Crippen molar-refractivity contribution in [2.24, 2.45) is 62.4 Å². The zero-order chi connectivity index (χ0) is 30.9. The van der Waals surface area contributed by atoms with Gasteiger partial charge in [-0.3, -0.25) is 0 Å². The van der Waals surface area contributed by atoms with Gasteiger partial charge in [-0.05, 0) is 104 Å². The van der Waals surface area contributed by atoms with Crippen LogP contribution < -0.4 is 5.73 Å². The van der Waals surface area contributed by atoms with Crippen molar-refractivity contribution in [3.05, 3.63) is 0 Å². The highest BCUT2D eigenvalue weighted by atomic mass is 16.6.